The number of ether oxygens (including phenoxy) is 1. The average Bonchev–Trinajstić information content (AvgIpc) is 3.11. The zero-order valence-corrected chi connectivity index (χ0v) is 14.4. The molecule has 0 spiro atoms. The number of sulfonamides is 1. The number of rotatable bonds is 6. The van der Waals surface area contributed by atoms with E-state index in [4.69, 9.17) is 4.74 Å². The van der Waals surface area contributed by atoms with Crippen LogP contribution in [0.4, 0.5) is 0 Å². The predicted octanol–water partition coefficient (Wildman–Crippen LogP) is 2.10. The van der Waals surface area contributed by atoms with Gasteiger partial charge in [0.05, 0.1) is 12.7 Å². The summed E-state index contributed by atoms with van der Waals surface area (Å²) in [7, 11) is -3.37. The van der Waals surface area contributed by atoms with Crippen LogP contribution < -0.4 is 4.72 Å². The van der Waals surface area contributed by atoms with Gasteiger partial charge in [-0.1, -0.05) is 36.4 Å². The molecule has 124 valence electrons. The van der Waals surface area contributed by atoms with Crippen molar-refractivity contribution in [2.75, 3.05) is 32.8 Å². The molecule has 0 aliphatic carbocycles. The van der Waals surface area contributed by atoms with Gasteiger partial charge >= 0.3 is 0 Å². The molecule has 1 N–H and O–H groups in total. The lowest BCUT2D eigenvalue weighted by molar-refractivity contribution is -0.0291. The number of morpholine rings is 1. The van der Waals surface area contributed by atoms with Crippen molar-refractivity contribution in [2.24, 2.45) is 0 Å². The van der Waals surface area contributed by atoms with Crippen molar-refractivity contribution in [2.45, 2.75) is 10.3 Å². The lowest BCUT2D eigenvalue weighted by Gasteiger charge is -2.33. The number of hydrogen-bond donors (Lipinski definition) is 1. The fraction of sp³-hybridized carbons (Fsp3) is 0.375. The molecule has 2 aromatic rings. The summed E-state index contributed by atoms with van der Waals surface area (Å²) in [5.74, 6) is 0. The fourth-order valence-electron chi connectivity index (χ4n) is 2.60. The molecule has 23 heavy (non-hydrogen) atoms. The highest BCUT2D eigenvalue weighted by atomic mass is 32.2. The van der Waals surface area contributed by atoms with E-state index in [0.717, 1.165) is 18.7 Å². The van der Waals surface area contributed by atoms with Gasteiger partial charge in [-0.05, 0) is 17.0 Å². The van der Waals surface area contributed by atoms with E-state index in [1.807, 2.05) is 18.2 Å². The first kappa shape index (κ1) is 16.6. The summed E-state index contributed by atoms with van der Waals surface area (Å²) in [6, 6.07) is 13.5. The van der Waals surface area contributed by atoms with Gasteiger partial charge in [0.25, 0.3) is 0 Å². The van der Waals surface area contributed by atoms with Gasteiger partial charge in [0.1, 0.15) is 4.21 Å². The van der Waals surface area contributed by atoms with Gasteiger partial charge in [0.2, 0.25) is 10.0 Å². The minimum absolute atomic E-state index is 0.0545. The Morgan fingerprint density at radius 1 is 1.22 bits per heavy atom. The van der Waals surface area contributed by atoms with Crippen LogP contribution in [-0.4, -0.2) is 46.1 Å². The Morgan fingerprint density at radius 2 is 2.04 bits per heavy atom. The van der Waals surface area contributed by atoms with Gasteiger partial charge in [0, 0.05) is 26.2 Å². The van der Waals surface area contributed by atoms with Gasteiger partial charge in [-0.3, -0.25) is 4.90 Å². The van der Waals surface area contributed by atoms with Crippen LogP contribution in [0.3, 0.4) is 0 Å². The quantitative estimate of drug-likeness (QED) is 0.865. The van der Waals surface area contributed by atoms with Crippen LogP contribution in [0.25, 0.3) is 0 Å². The lowest BCUT2D eigenvalue weighted by Crippen LogP contribution is -2.42. The first-order valence-corrected chi connectivity index (χ1v) is 9.93. The number of hydrogen-bond acceptors (Lipinski definition) is 5. The Labute approximate surface area is 140 Å². The van der Waals surface area contributed by atoms with E-state index >= 15 is 0 Å². The van der Waals surface area contributed by atoms with Crippen molar-refractivity contribution < 1.29 is 13.2 Å². The summed E-state index contributed by atoms with van der Waals surface area (Å²) in [6.07, 6.45) is 0.0545. The van der Waals surface area contributed by atoms with Crippen LogP contribution in [0.2, 0.25) is 0 Å². The second-order valence-corrected chi connectivity index (χ2v) is 8.34. The molecule has 0 unspecified atom stereocenters. The topological polar surface area (TPSA) is 58.6 Å². The Balaban J connectivity index is 1.51. The molecule has 1 aliphatic rings. The number of benzene rings is 1. The maximum absolute atomic E-state index is 12.1. The van der Waals surface area contributed by atoms with Crippen LogP contribution >= 0.6 is 11.3 Å². The standard InChI is InChI=1S/C16H20N2O3S2/c19-23(20,16-7-4-12-22-16)17-8-9-18-10-11-21-15(13-18)14-5-2-1-3-6-14/h1-7,12,15,17H,8-11,13H2/t15-/m1/s1. The smallest absolute Gasteiger partial charge is 0.250 e. The third-order valence-electron chi connectivity index (χ3n) is 3.80. The summed E-state index contributed by atoms with van der Waals surface area (Å²) >= 11 is 1.23. The van der Waals surface area contributed by atoms with Gasteiger partial charge in [-0.25, -0.2) is 13.1 Å². The van der Waals surface area contributed by atoms with Gasteiger partial charge < -0.3 is 4.74 Å². The molecule has 1 aliphatic heterocycles. The molecular weight excluding hydrogens is 332 g/mol. The largest absolute Gasteiger partial charge is 0.371 e. The number of thiophene rings is 1. The zero-order valence-electron chi connectivity index (χ0n) is 12.7. The van der Waals surface area contributed by atoms with Crippen molar-refractivity contribution in [3.63, 3.8) is 0 Å². The Bertz CT molecular complexity index is 702. The molecule has 5 nitrogen and oxygen atoms in total. The molecular formula is C16H20N2O3S2. The minimum Gasteiger partial charge on any atom is -0.371 e. The normalized spacial score (nSPS) is 19.7. The van der Waals surface area contributed by atoms with Gasteiger partial charge in [-0.15, -0.1) is 11.3 Å². The maximum atomic E-state index is 12.1. The molecule has 1 aromatic heterocycles. The van der Waals surface area contributed by atoms with Crippen molar-refractivity contribution in [1.29, 1.82) is 0 Å². The van der Waals surface area contributed by atoms with Crippen LogP contribution in [0.1, 0.15) is 11.7 Å². The molecule has 3 rings (SSSR count). The molecule has 0 radical (unpaired) electrons. The molecule has 0 bridgehead atoms. The molecule has 1 atom stereocenters. The molecule has 7 heteroatoms. The summed E-state index contributed by atoms with van der Waals surface area (Å²) < 4.78 is 33.0. The monoisotopic (exact) mass is 352 g/mol. The third kappa shape index (κ3) is 4.39. The summed E-state index contributed by atoms with van der Waals surface area (Å²) in [6.45, 7) is 3.35. The highest BCUT2D eigenvalue weighted by molar-refractivity contribution is 7.91. The van der Waals surface area contributed by atoms with Crippen molar-refractivity contribution >= 4 is 21.4 Å². The second kappa shape index (κ2) is 7.55. The van der Waals surface area contributed by atoms with E-state index in [0.29, 0.717) is 23.9 Å². The summed E-state index contributed by atoms with van der Waals surface area (Å²) in [4.78, 5) is 2.23. The highest BCUT2D eigenvalue weighted by Gasteiger charge is 2.22. The van der Waals surface area contributed by atoms with Crippen LogP contribution in [-0.2, 0) is 14.8 Å². The Morgan fingerprint density at radius 3 is 2.78 bits per heavy atom. The van der Waals surface area contributed by atoms with Crippen LogP contribution in [0.15, 0.2) is 52.1 Å². The van der Waals surface area contributed by atoms with Crippen molar-refractivity contribution in [3.05, 3.63) is 53.4 Å². The first-order chi connectivity index (χ1) is 11.1. The number of nitrogens with zero attached hydrogens (tertiary/aromatic N) is 1. The van der Waals surface area contributed by atoms with E-state index in [1.54, 1.807) is 17.5 Å². The fourth-order valence-corrected chi connectivity index (χ4v) is 4.66. The molecule has 1 aromatic carbocycles. The van der Waals surface area contributed by atoms with E-state index in [2.05, 4.69) is 21.8 Å². The molecule has 1 fully saturated rings. The van der Waals surface area contributed by atoms with E-state index in [9.17, 15) is 8.42 Å². The number of nitrogens with one attached hydrogen (secondary N) is 1. The Hall–Kier alpha value is -1.25. The van der Waals surface area contributed by atoms with Gasteiger partial charge in [-0.2, -0.15) is 0 Å². The summed E-state index contributed by atoms with van der Waals surface area (Å²) in [5.41, 5.74) is 1.16. The predicted molar refractivity (Wildman–Crippen MR) is 91.1 cm³/mol. The lowest BCUT2D eigenvalue weighted by atomic mass is 10.1. The zero-order chi connectivity index (χ0) is 16.1. The van der Waals surface area contributed by atoms with Crippen LogP contribution in [0.5, 0.6) is 0 Å². The Kier molecular flexibility index (Phi) is 5.45. The average molecular weight is 352 g/mol. The van der Waals surface area contributed by atoms with Crippen molar-refractivity contribution in [1.82, 2.24) is 9.62 Å². The van der Waals surface area contributed by atoms with Gasteiger partial charge in [0.15, 0.2) is 0 Å². The highest BCUT2D eigenvalue weighted by Crippen LogP contribution is 2.21. The molecule has 2 heterocycles. The van der Waals surface area contributed by atoms with E-state index in [1.165, 1.54) is 11.3 Å². The van der Waals surface area contributed by atoms with E-state index < -0.39 is 10.0 Å². The first-order valence-electron chi connectivity index (χ1n) is 7.57. The third-order valence-corrected chi connectivity index (χ3v) is 6.66. The SMILES string of the molecule is O=S(=O)(NCCN1CCO[C@@H](c2ccccc2)C1)c1cccs1. The maximum Gasteiger partial charge on any atom is 0.250 e. The molecule has 1 saturated heterocycles. The van der Waals surface area contributed by atoms with E-state index in [-0.39, 0.29) is 6.10 Å². The summed E-state index contributed by atoms with van der Waals surface area (Å²) in [5, 5.41) is 1.76. The molecule has 0 saturated carbocycles. The van der Waals surface area contributed by atoms with Crippen molar-refractivity contribution in [3.8, 4) is 0 Å². The molecule has 0 amide bonds. The second-order valence-electron chi connectivity index (χ2n) is 5.40. The minimum atomic E-state index is -3.37. The van der Waals surface area contributed by atoms with Crippen LogP contribution in [0, 0.1) is 0 Å².